The van der Waals surface area contributed by atoms with Crippen molar-refractivity contribution in [3.05, 3.63) is 105 Å². The number of anilines is 1. The number of hydrogen-bond donors (Lipinski definition) is 0. The molecule has 0 saturated heterocycles. The van der Waals surface area contributed by atoms with Crippen LogP contribution in [0.3, 0.4) is 0 Å². The molecule has 2 aromatic carbocycles. The van der Waals surface area contributed by atoms with E-state index in [1.807, 2.05) is 0 Å². The van der Waals surface area contributed by atoms with Gasteiger partial charge in [0, 0.05) is 11.2 Å². The summed E-state index contributed by atoms with van der Waals surface area (Å²) in [6.07, 6.45) is 1.55. The van der Waals surface area contributed by atoms with E-state index < -0.39 is 17.8 Å². The summed E-state index contributed by atoms with van der Waals surface area (Å²) in [5.41, 5.74) is 0.664. The lowest BCUT2D eigenvalue weighted by molar-refractivity contribution is 0.0970. The maximum absolute atomic E-state index is 13.5. The minimum Gasteiger partial charge on any atom is -0.450 e. The molecule has 4 aromatic rings. The lowest BCUT2D eigenvalue weighted by atomic mass is 9.98. The quantitative estimate of drug-likeness (QED) is 0.482. The van der Waals surface area contributed by atoms with Crippen molar-refractivity contribution >= 4 is 34.3 Å². The van der Waals surface area contributed by atoms with Crippen molar-refractivity contribution in [2.45, 2.75) is 6.04 Å². The van der Waals surface area contributed by atoms with Gasteiger partial charge in [0.25, 0.3) is 5.91 Å². The first-order valence-corrected chi connectivity index (χ1v) is 9.19. The summed E-state index contributed by atoms with van der Waals surface area (Å²) in [5, 5.41) is 0.660. The zero-order valence-electron chi connectivity index (χ0n) is 14.8. The molecule has 1 aliphatic rings. The SMILES string of the molecule is O=C1c2oc3ccc(Cl)cc3c(=O)c2C(c2ccc(F)cc2)N1c1ccccn1. The molecular weight excluding hydrogens is 395 g/mol. The largest absolute Gasteiger partial charge is 0.450 e. The van der Waals surface area contributed by atoms with Crippen LogP contribution in [0, 0.1) is 5.82 Å². The molecule has 1 unspecified atom stereocenters. The molecule has 0 fully saturated rings. The van der Waals surface area contributed by atoms with Crippen LogP contribution >= 0.6 is 11.6 Å². The van der Waals surface area contributed by atoms with Gasteiger partial charge in [-0.05, 0) is 48.0 Å². The number of amides is 1. The Kier molecular flexibility index (Phi) is 3.96. The molecule has 142 valence electrons. The summed E-state index contributed by atoms with van der Waals surface area (Å²) >= 11 is 6.06. The molecule has 5 rings (SSSR count). The Labute approximate surface area is 169 Å². The number of carbonyl (C=O) groups excluding carboxylic acids is 1. The number of halogens is 2. The van der Waals surface area contributed by atoms with Gasteiger partial charge in [0.1, 0.15) is 17.2 Å². The van der Waals surface area contributed by atoms with Crippen LogP contribution in [-0.2, 0) is 0 Å². The van der Waals surface area contributed by atoms with Gasteiger partial charge in [0.15, 0.2) is 5.43 Å². The number of nitrogens with zero attached hydrogens (tertiary/aromatic N) is 2. The normalized spacial score (nSPS) is 15.7. The van der Waals surface area contributed by atoms with Crippen molar-refractivity contribution in [1.82, 2.24) is 4.98 Å². The fraction of sp³-hybridized carbons (Fsp3) is 0.0455. The highest BCUT2D eigenvalue weighted by Crippen LogP contribution is 2.40. The topological polar surface area (TPSA) is 63.4 Å². The Balaban J connectivity index is 1.83. The Hall–Kier alpha value is -3.51. The predicted molar refractivity (Wildman–Crippen MR) is 107 cm³/mol. The molecule has 0 bridgehead atoms. The average Bonchev–Trinajstić information content (AvgIpc) is 3.03. The van der Waals surface area contributed by atoms with Crippen LogP contribution in [0.5, 0.6) is 0 Å². The monoisotopic (exact) mass is 406 g/mol. The first-order chi connectivity index (χ1) is 14.0. The maximum Gasteiger partial charge on any atom is 0.296 e. The fourth-order valence-electron chi connectivity index (χ4n) is 3.64. The van der Waals surface area contributed by atoms with E-state index in [-0.39, 0.29) is 27.7 Å². The van der Waals surface area contributed by atoms with Crippen molar-refractivity contribution < 1.29 is 13.6 Å². The Morgan fingerprint density at radius 2 is 1.83 bits per heavy atom. The molecule has 0 saturated carbocycles. The number of aromatic nitrogens is 1. The van der Waals surface area contributed by atoms with E-state index in [0.717, 1.165) is 0 Å². The maximum atomic E-state index is 13.5. The van der Waals surface area contributed by atoms with Crippen LogP contribution < -0.4 is 10.3 Å². The number of pyridine rings is 1. The van der Waals surface area contributed by atoms with Crippen LogP contribution in [0.25, 0.3) is 11.0 Å². The number of rotatable bonds is 2. The van der Waals surface area contributed by atoms with Gasteiger partial charge < -0.3 is 4.42 Å². The van der Waals surface area contributed by atoms with Gasteiger partial charge in [-0.25, -0.2) is 9.37 Å². The Bertz CT molecular complexity index is 1320. The molecule has 3 heterocycles. The second-order valence-corrected chi connectivity index (χ2v) is 7.07. The van der Waals surface area contributed by atoms with Crippen LogP contribution in [-0.4, -0.2) is 10.9 Å². The van der Waals surface area contributed by atoms with E-state index >= 15 is 0 Å². The van der Waals surface area contributed by atoms with E-state index in [0.29, 0.717) is 16.4 Å². The number of fused-ring (bicyclic) bond motifs is 2. The molecule has 1 aliphatic heterocycles. The summed E-state index contributed by atoms with van der Waals surface area (Å²) in [6.45, 7) is 0. The molecule has 7 heteroatoms. The molecule has 0 aliphatic carbocycles. The van der Waals surface area contributed by atoms with Gasteiger partial charge in [-0.1, -0.05) is 29.8 Å². The average molecular weight is 407 g/mol. The van der Waals surface area contributed by atoms with Gasteiger partial charge in [0.2, 0.25) is 5.76 Å². The Morgan fingerprint density at radius 3 is 2.55 bits per heavy atom. The van der Waals surface area contributed by atoms with Crippen LogP contribution in [0.1, 0.15) is 27.7 Å². The molecule has 0 radical (unpaired) electrons. The van der Waals surface area contributed by atoms with Crippen molar-refractivity contribution in [2.24, 2.45) is 0 Å². The summed E-state index contributed by atoms with van der Waals surface area (Å²) in [6, 6.07) is 14.7. The summed E-state index contributed by atoms with van der Waals surface area (Å²) in [7, 11) is 0. The molecular formula is C22H12ClFN2O3. The minimum atomic E-state index is -0.798. The standard InChI is InChI=1S/C22H12ClFN2O3/c23-13-6-9-16-15(11-13)20(27)18-19(12-4-7-14(24)8-5-12)26(22(28)21(18)29-16)17-3-1-2-10-25-17/h1-11,19H. The first kappa shape index (κ1) is 17.6. The van der Waals surface area contributed by atoms with Gasteiger partial charge >= 0.3 is 0 Å². The third-order valence-corrected chi connectivity index (χ3v) is 5.15. The van der Waals surface area contributed by atoms with Crippen molar-refractivity contribution in [3.8, 4) is 0 Å². The van der Waals surface area contributed by atoms with Crippen LogP contribution in [0.15, 0.2) is 76.1 Å². The second-order valence-electron chi connectivity index (χ2n) is 6.63. The summed E-state index contributed by atoms with van der Waals surface area (Å²) < 4.78 is 19.3. The minimum absolute atomic E-state index is 0.0511. The van der Waals surface area contributed by atoms with Gasteiger partial charge in [-0.2, -0.15) is 0 Å². The zero-order chi connectivity index (χ0) is 20.1. The fourth-order valence-corrected chi connectivity index (χ4v) is 3.81. The number of carbonyl (C=O) groups is 1. The number of benzene rings is 2. The van der Waals surface area contributed by atoms with E-state index in [1.165, 1.54) is 23.1 Å². The molecule has 5 nitrogen and oxygen atoms in total. The smallest absolute Gasteiger partial charge is 0.296 e. The third-order valence-electron chi connectivity index (χ3n) is 4.91. The Morgan fingerprint density at radius 1 is 1.03 bits per heavy atom. The zero-order valence-corrected chi connectivity index (χ0v) is 15.6. The predicted octanol–water partition coefficient (Wildman–Crippen LogP) is 4.73. The first-order valence-electron chi connectivity index (χ1n) is 8.81. The van der Waals surface area contributed by atoms with Crippen molar-refractivity contribution in [3.63, 3.8) is 0 Å². The molecule has 0 N–H and O–H groups in total. The van der Waals surface area contributed by atoms with E-state index in [9.17, 15) is 14.0 Å². The van der Waals surface area contributed by atoms with Gasteiger partial charge in [-0.3, -0.25) is 14.5 Å². The van der Waals surface area contributed by atoms with Crippen molar-refractivity contribution in [1.29, 1.82) is 0 Å². The second kappa shape index (κ2) is 6.53. The highest BCUT2D eigenvalue weighted by atomic mass is 35.5. The molecule has 2 aromatic heterocycles. The van der Waals surface area contributed by atoms with Crippen molar-refractivity contribution in [2.75, 3.05) is 4.90 Å². The third kappa shape index (κ3) is 2.72. The van der Waals surface area contributed by atoms with Gasteiger partial charge in [0.05, 0.1) is 17.0 Å². The summed E-state index contributed by atoms with van der Waals surface area (Å²) in [5.74, 6) is -0.591. The van der Waals surface area contributed by atoms with E-state index in [1.54, 1.807) is 48.7 Å². The molecule has 1 atom stereocenters. The highest BCUT2D eigenvalue weighted by molar-refractivity contribution is 6.31. The molecule has 29 heavy (non-hydrogen) atoms. The number of hydrogen-bond acceptors (Lipinski definition) is 4. The van der Waals surface area contributed by atoms with Gasteiger partial charge in [-0.15, -0.1) is 0 Å². The summed E-state index contributed by atoms with van der Waals surface area (Å²) in [4.78, 5) is 32.3. The van der Waals surface area contributed by atoms with Crippen LogP contribution in [0.2, 0.25) is 5.02 Å². The molecule has 1 amide bonds. The lowest BCUT2D eigenvalue weighted by Crippen LogP contribution is -2.30. The highest BCUT2D eigenvalue weighted by Gasteiger charge is 2.44. The molecule has 0 spiro atoms. The van der Waals surface area contributed by atoms with Crippen LogP contribution in [0.4, 0.5) is 10.2 Å². The van der Waals surface area contributed by atoms with E-state index in [2.05, 4.69) is 4.98 Å². The van der Waals surface area contributed by atoms with E-state index in [4.69, 9.17) is 16.0 Å². The lowest BCUT2D eigenvalue weighted by Gasteiger charge is -2.24.